The monoisotopic (exact) mass is 414 g/mol. The highest BCUT2D eigenvalue weighted by atomic mass is 19.1. The van der Waals surface area contributed by atoms with E-state index in [1.54, 1.807) is 11.8 Å². The fourth-order valence-electron chi connectivity index (χ4n) is 3.97. The van der Waals surface area contributed by atoms with E-state index in [1.165, 1.54) is 0 Å². The van der Waals surface area contributed by atoms with E-state index in [0.717, 1.165) is 31.0 Å². The van der Waals surface area contributed by atoms with Crippen LogP contribution in [0.15, 0.2) is 18.2 Å². The lowest BCUT2D eigenvalue weighted by molar-refractivity contribution is -0.147. The number of aliphatic hydroxyl groups excluding tert-OH is 1. The molecule has 3 rings (SSSR count). The number of carbonyl (C=O) groups is 1. The van der Waals surface area contributed by atoms with E-state index in [9.17, 15) is 23.8 Å². The molecule has 2 fully saturated rings. The Bertz CT molecular complexity index is 714. The Hall–Kier alpha value is -1.97. The fourth-order valence-corrected chi connectivity index (χ4v) is 3.97. The minimum atomic E-state index is -1.60. The van der Waals surface area contributed by atoms with Crippen molar-refractivity contribution in [2.24, 2.45) is 0 Å². The van der Waals surface area contributed by atoms with E-state index in [-0.39, 0.29) is 31.0 Å². The minimum absolute atomic E-state index is 0.144. The zero-order chi connectivity index (χ0) is 21.0. The van der Waals surface area contributed by atoms with Crippen LogP contribution >= 0.6 is 0 Å². The normalized spacial score (nSPS) is 26.4. The van der Waals surface area contributed by atoms with Gasteiger partial charge in [0.1, 0.15) is 18.0 Å². The Labute approximate surface area is 168 Å². The summed E-state index contributed by atoms with van der Waals surface area (Å²) in [5.74, 6) is -1.68. The number of piperidine rings is 2. The van der Waals surface area contributed by atoms with Crippen LogP contribution in [0.4, 0.5) is 13.6 Å². The third-order valence-electron chi connectivity index (χ3n) is 5.66. The highest BCUT2D eigenvalue weighted by Gasteiger charge is 2.44. The Morgan fingerprint density at radius 3 is 2.66 bits per heavy atom. The number of amides is 1. The summed E-state index contributed by atoms with van der Waals surface area (Å²) in [6.07, 6.45) is 0.440. The largest absolute Gasteiger partial charge is 0.487 e. The first-order valence-electron chi connectivity index (χ1n) is 9.96. The molecule has 0 aliphatic carbocycles. The van der Waals surface area contributed by atoms with Crippen molar-refractivity contribution >= 4 is 6.09 Å². The maximum absolute atomic E-state index is 13.8. The van der Waals surface area contributed by atoms with E-state index < -0.39 is 23.3 Å². The number of hydrogen-bond donors (Lipinski definition) is 2. The molecule has 0 bridgehead atoms. The van der Waals surface area contributed by atoms with Crippen LogP contribution in [0.3, 0.4) is 0 Å². The van der Waals surface area contributed by atoms with Gasteiger partial charge in [-0.05, 0) is 38.3 Å². The third kappa shape index (κ3) is 5.15. The molecule has 2 aliphatic rings. The number of halogens is 2. The van der Waals surface area contributed by atoms with Crippen LogP contribution in [-0.2, 0) is 4.74 Å². The molecule has 1 amide bonds. The number of ether oxygens (including phenoxy) is 2. The van der Waals surface area contributed by atoms with Gasteiger partial charge in [-0.1, -0.05) is 0 Å². The first kappa shape index (κ1) is 21.7. The van der Waals surface area contributed by atoms with Crippen LogP contribution in [-0.4, -0.2) is 83.2 Å². The van der Waals surface area contributed by atoms with Crippen LogP contribution in [0, 0.1) is 11.6 Å². The second kappa shape index (κ2) is 9.23. The molecular weight excluding hydrogens is 386 g/mol. The molecule has 0 unspecified atom stereocenters. The first-order valence-corrected chi connectivity index (χ1v) is 9.96. The average Bonchev–Trinajstić information content (AvgIpc) is 2.71. The highest BCUT2D eigenvalue weighted by molar-refractivity contribution is 5.67. The molecule has 2 saturated heterocycles. The van der Waals surface area contributed by atoms with Crippen molar-refractivity contribution in [3.8, 4) is 5.75 Å². The second-order valence-electron chi connectivity index (χ2n) is 7.66. The van der Waals surface area contributed by atoms with Gasteiger partial charge in [0.25, 0.3) is 0 Å². The van der Waals surface area contributed by atoms with Crippen LogP contribution in [0.1, 0.15) is 26.2 Å². The summed E-state index contributed by atoms with van der Waals surface area (Å²) in [5, 5.41) is 21.3. The van der Waals surface area contributed by atoms with Gasteiger partial charge >= 0.3 is 6.09 Å². The summed E-state index contributed by atoms with van der Waals surface area (Å²) in [4.78, 5) is 15.6. The molecule has 2 atom stereocenters. The van der Waals surface area contributed by atoms with Gasteiger partial charge in [-0.15, -0.1) is 0 Å². The molecule has 0 radical (unpaired) electrons. The Morgan fingerprint density at radius 1 is 1.24 bits per heavy atom. The molecular formula is C20H28F2N2O5. The maximum Gasteiger partial charge on any atom is 0.409 e. The van der Waals surface area contributed by atoms with Crippen molar-refractivity contribution in [3.63, 3.8) is 0 Å². The van der Waals surface area contributed by atoms with Crippen molar-refractivity contribution in [1.29, 1.82) is 0 Å². The molecule has 1 aromatic carbocycles. The predicted molar refractivity (Wildman–Crippen MR) is 101 cm³/mol. The van der Waals surface area contributed by atoms with Crippen LogP contribution < -0.4 is 4.74 Å². The second-order valence-corrected chi connectivity index (χ2v) is 7.66. The topological polar surface area (TPSA) is 82.5 Å². The Balaban J connectivity index is 1.58. The zero-order valence-electron chi connectivity index (χ0n) is 16.5. The number of rotatable bonds is 5. The molecule has 2 N–H and O–H groups in total. The van der Waals surface area contributed by atoms with Crippen LogP contribution in [0.2, 0.25) is 0 Å². The van der Waals surface area contributed by atoms with Crippen LogP contribution in [0.25, 0.3) is 0 Å². The van der Waals surface area contributed by atoms with Gasteiger partial charge < -0.3 is 24.6 Å². The molecule has 29 heavy (non-hydrogen) atoms. The summed E-state index contributed by atoms with van der Waals surface area (Å²) in [5.41, 5.74) is -1.60. The molecule has 2 aliphatic heterocycles. The van der Waals surface area contributed by atoms with E-state index in [0.29, 0.717) is 32.7 Å². The highest BCUT2D eigenvalue weighted by Crippen LogP contribution is 2.29. The zero-order valence-corrected chi connectivity index (χ0v) is 16.5. The van der Waals surface area contributed by atoms with Crippen molar-refractivity contribution < 1.29 is 33.3 Å². The summed E-state index contributed by atoms with van der Waals surface area (Å²) in [7, 11) is 0. The van der Waals surface area contributed by atoms with E-state index in [1.807, 2.05) is 0 Å². The molecule has 0 spiro atoms. The summed E-state index contributed by atoms with van der Waals surface area (Å²) in [6.45, 7) is 3.62. The van der Waals surface area contributed by atoms with Gasteiger partial charge in [0.2, 0.25) is 0 Å². The smallest absolute Gasteiger partial charge is 0.409 e. The van der Waals surface area contributed by atoms with Crippen molar-refractivity contribution in [2.45, 2.75) is 43.9 Å². The number of nitrogens with zero attached hydrogens (tertiary/aromatic N) is 2. The Kier molecular flexibility index (Phi) is 6.92. The molecule has 9 heteroatoms. The molecule has 2 heterocycles. The SMILES string of the molecule is CCOC(=O)N1CCC(N2CC[C@H](O)[C@@](O)(COc3cc(F)ccc3F)C2)CC1. The maximum atomic E-state index is 13.8. The van der Waals surface area contributed by atoms with Crippen molar-refractivity contribution in [2.75, 3.05) is 39.4 Å². The minimum Gasteiger partial charge on any atom is -0.487 e. The fraction of sp³-hybridized carbons (Fsp3) is 0.650. The summed E-state index contributed by atoms with van der Waals surface area (Å²) < 4.78 is 37.5. The molecule has 7 nitrogen and oxygen atoms in total. The first-order chi connectivity index (χ1) is 13.8. The van der Waals surface area contributed by atoms with E-state index >= 15 is 0 Å². The van der Waals surface area contributed by atoms with Crippen molar-refractivity contribution in [3.05, 3.63) is 29.8 Å². The lowest BCUT2D eigenvalue weighted by atomic mass is 9.88. The van der Waals surface area contributed by atoms with Gasteiger partial charge in [0.05, 0.1) is 12.7 Å². The molecule has 0 aromatic heterocycles. The summed E-state index contributed by atoms with van der Waals surface area (Å²) >= 11 is 0. The molecule has 162 valence electrons. The van der Waals surface area contributed by atoms with E-state index in [4.69, 9.17) is 9.47 Å². The number of carbonyl (C=O) groups excluding carboxylic acids is 1. The van der Waals surface area contributed by atoms with Gasteiger partial charge in [-0.3, -0.25) is 4.90 Å². The molecule has 0 saturated carbocycles. The summed E-state index contributed by atoms with van der Waals surface area (Å²) in [6, 6.07) is 2.99. The van der Waals surface area contributed by atoms with Gasteiger partial charge in [0.15, 0.2) is 11.6 Å². The lowest BCUT2D eigenvalue weighted by Crippen LogP contribution is -2.62. The van der Waals surface area contributed by atoms with Crippen molar-refractivity contribution in [1.82, 2.24) is 9.80 Å². The van der Waals surface area contributed by atoms with Gasteiger partial charge in [-0.25, -0.2) is 13.6 Å². The average molecular weight is 414 g/mol. The van der Waals surface area contributed by atoms with E-state index in [2.05, 4.69) is 4.90 Å². The van der Waals surface area contributed by atoms with Gasteiger partial charge in [-0.2, -0.15) is 0 Å². The Morgan fingerprint density at radius 2 is 1.97 bits per heavy atom. The third-order valence-corrected chi connectivity index (χ3v) is 5.66. The number of benzene rings is 1. The lowest BCUT2D eigenvalue weighted by Gasteiger charge is -2.47. The number of likely N-dealkylation sites (tertiary alicyclic amines) is 2. The van der Waals surface area contributed by atoms with Crippen LogP contribution in [0.5, 0.6) is 5.75 Å². The predicted octanol–water partition coefficient (Wildman–Crippen LogP) is 1.76. The quantitative estimate of drug-likeness (QED) is 0.764. The standard InChI is InChI=1S/C20H28F2N2O5/c1-2-28-19(26)23-8-5-15(6-9-23)24-10-7-18(25)20(27,12-24)13-29-17-11-14(21)3-4-16(17)22/h3-4,11,15,18,25,27H,2,5-10,12-13H2,1H3/t18-,20-/m0/s1. The number of hydrogen-bond acceptors (Lipinski definition) is 6. The number of β-amino-alcohol motifs (C(OH)–C–C–N with tert-alkyl or cyclic N) is 1. The van der Waals surface area contributed by atoms with Gasteiger partial charge in [0, 0.05) is 38.3 Å². The molecule has 1 aromatic rings. The number of aliphatic hydroxyl groups is 2.